The third-order valence-corrected chi connectivity index (χ3v) is 10.3. The number of ether oxygens (including phenoxy) is 4. The van der Waals surface area contributed by atoms with Crippen LogP contribution in [-0.2, 0) is 25.5 Å². The second-order valence-electron chi connectivity index (χ2n) is 10.6. The molecule has 2 fully saturated rings. The summed E-state index contributed by atoms with van der Waals surface area (Å²) in [6.45, 7) is 4.76. The summed E-state index contributed by atoms with van der Waals surface area (Å²) in [7, 11) is 2.97. The second-order valence-corrected chi connectivity index (χ2v) is 12.9. The lowest BCUT2D eigenvalue weighted by molar-refractivity contribution is -0.149. The first-order valence-electron chi connectivity index (χ1n) is 13.6. The summed E-state index contributed by atoms with van der Waals surface area (Å²) in [4.78, 5) is 40.5. The molecule has 1 unspecified atom stereocenters. The number of esters is 1. The molecule has 216 valence electrons. The Labute approximate surface area is 245 Å². The van der Waals surface area contributed by atoms with Crippen LogP contribution in [-0.4, -0.2) is 48.1 Å². The summed E-state index contributed by atoms with van der Waals surface area (Å²) in [5.41, 5.74) is 0.901. The minimum Gasteiger partial charge on any atom is -0.496 e. The molecule has 0 bridgehead atoms. The number of hydrogen-bond donors (Lipinski definition) is 0. The Morgan fingerprint density at radius 3 is 2.65 bits per heavy atom. The number of benzene rings is 1. The normalized spacial score (nSPS) is 23.8. The molecule has 1 aliphatic carbocycles. The largest absolute Gasteiger partial charge is 0.496 e. The molecule has 5 rings (SSSR count). The predicted molar refractivity (Wildman–Crippen MR) is 156 cm³/mol. The average molecular weight is 636 g/mol. The van der Waals surface area contributed by atoms with Crippen LogP contribution >= 0.6 is 27.3 Å². The zero-order valence-corrected chi connectivity index (χ0v) is 25.6. The maximum absolute atomic E-state index is 14.1. The molecule has 3 heterocycles. The lowest BCUT2D eigenvalue weighted by Crippen LogP contribution is -2.47. The van der Waals surface area contributed by atoms with E-state index >= 15 is 0 Å². The van der Waals surface area contributed by atoms with Gasteiger partial charge in [0.2, 0.25) is 0 Å². The zero-order valence-electron chi connectivity index (χ0n) is 23.2. The minimum atomic E-state index is -0.508. The predicted octanol–water partition coefficient (Wildman–Crippen LogP) is 5.14. The van der Waals surface area contributed by atoms with Crippen molar-refractivity contribution in [1.82, 2.24) is 9.13 Å². The standard InChI is InChI=1S/C29H35BrN2O7S/c1-16-9-10-20(11-12-38-16)39-23(21-7-5-6-8-22(21)36-3)15-31-27-24(17(2)25(30)40-27)26(33)32(29(31)35)19-13-18(14-19)28(34)37-4/h5-8,16,18-20,23H,9-15H2,1-4H3/t16-,18?,19?,20?,23-/m0/s1. The summed E-state index contributed by atoms with van der Waals surface area (Å²) in [5, 5.41) is 0.508. The van der Waals surface area contributed by atoms with Crippen molar-refractivity contribution in [3.63, 3.8) is 0 Å². The number of methoxy groups -OCH3 is 2. The lowest BCUT2D eigenvalue weighted by atomic mass is 9.80. The van der Waals surface area contributed by atoms with E-state index in [4.69, 9.17) is 18.9 Å². The molecule has 1 aliphatic heterocycles. The fourth-order valence-corrected chi connectivity index (χ4v) is 7.40. The molecule has 1 saturated heterocycles. The fourth-order valence-electron chi connectivity index (χ4n) is 5.71. The lowest BCUT2D eigenvalue weighted by Gasteiger charge is -2.34. The van der Waals surface area contributed by atoms with Gasteiger partial charge in [-0.3, -0.25) is 18.7 Å². The van der Waals surface area contributed by atoms with Gasteiger partial charge in [0.1, 0.15) is 16.7 Å². The van der Waals surface area contributed by atoms with Crippen molar-refractivity contribution in [3.05, 3.63) is 60.0 Å². The highest BCUT2D eigenvalue weighted by Crippen LogP contribution is 2.39. The van der Waals surface area contributed by atoms with E-state index in [1.807, 2.05) is 31.2 Å². The van der Waals surface area contributed by atoms with Crippen LogP contribution in [0.4, 0.5) is 0 Å². The quantitative estimate of drug-likeness (QED) is 0.316. The molecule has 2 aromatic heterocycles. The first kappa shape index (κ1) is 29.0. The summed E-state index contributed by atoms with van der Waals surface area (Å²) in [5.74, 6) is 0.0450. The number of nitrogens with zero attached hydrogens (tertiary/aromatic N) is 2. The Hall–Kier alpha value is -2.47. The van der Waals surface area contributed by atoms with Gasteiger partial charge in [0, 0.05) is 18.2 Å². The molecule has 0 amide bonds. The van der Waals surface area contributed by atoms with E-state index in [2.05, 4.69) is 22.9 Å². The first-order valence-corrected chi connectivity index (χ1v) is 15.3. The number of para-hydroxylation sites is 1. The number of thiophene rings is 1. The van der Waals surface area contributed by atoms with Crippen molar-refractivity contribution in [2.75, 3.05) is 20.8 Å². The maximum atomic E-state index is 14.1. The van der Waals surface area contributed by atoms with Crippen LogP contribution in [0.25, 0.3) is 10.2 Å². The number of aromatic nitrogens is 2. The van der Waals surface area contributed by atoms with E-state index < -0.39 is 11.8 Å². The molecule has 11 heteroatoms. The summed E-state index contributed by atoms with van der Waals surface area (Å²) in [6, 6.07) is 7.30. The van der Waals surface area contributed by atoms with Gasteiger partial charge < -0.3 is 18.9 Å². The Bertz CT molecular complexity index is 1510. The number of carbonyl (C=O) groups is 1. The van der Waals surface area contributed by atoms with Gasteiger partial charge in [-0.05, 0) is 73.5 Å². The summed E-state index contributed by atoms with van der Waals surface area (Å²) in [6.07, 6.45) is 2.88. The number of carbonyl (C=O) groups excluding carboxylic acids is 1. The molecule has 1 saturated carbocycles. The van der Waals surface area contributed by atoms with Crippen LogP contribution in [0.3, 0.4) is 0 Å². The Kier molecular flexibility index (Phi) is 8.84. The molecule has 3 atom stereocenters. The van der Waals surface area contributed by atoms with Gasteiger partial charge in [-0.25, -0.2) is 4.79 Å². The molecule has 3 aromatic rings. The number of fused-ring (bicyclic) bond motifs is 1. The van der Waals surface area contributed by atoms with Crippen molar-refractivity contribution in [3.8, 4) is 5.75 Å². The Morgan fingerprint density at radius 2 is 1.93 bits per heavy atom. The number of hydrogen-bond acceptors (Lipinski definition) is 8. The van der Waals surface area contributed by atoms with Gasteiger partial charge in [-0.2, -0.15) is 0 Å². The monoisotopic (exact) mass is 634 g/mol. The third kappa shape index (κ3) is 5.53. The zero-order chi connectivity index (χ0) is 28.6. The van der Waals surface area contributed by atoms with Gasteiger partial charge in [-0.1, -0.05) is 18.2 Å². The van der Waals surface area contributed by atoms with Gasteiger partial charge in [0.15, 0.2) is 0 Å². The van der Waals surface area contributed by atoms with Crippen molar-refractivity contribution in [1.29, 1.82) is 0 Å². The number of aryl methyl sites for hydroxylation is 1. The molecular weight excluding hydrogens is 600 g/mol. The SMILES string of the molecule is COC(=O)C1CC(n2c(=O)c3c(C)c(Br)sc3n(C[C@H](OC3CCO[C@@H](C)CC3)c3ccccc3OC)c2=O)C1. The Balaban J connectivity index is 1.59. The fraction of sp³-hybridized carbons (Fsp3) is 0.552. The van der Waals surface area contributed by atoms with E-state index in [-0.39, 0.29) is 42.2 Å². The smallest absolute Gasteiger partial charge is 0.332 e. The highest BCUT2D eigenvalue weighted by molar-refractivity contribution is 9.11. The van der Waals surface area contributed by atoms with Gasteiger partial charge in [0.25, 0.3) is 5.56 Å². The van der Waals surface area contributed by atoms with E-state index in [9.17, 15) is 14.4 Å². The van der Waals surface area contributed by atoms with Crippen LogP contribution in [0, 0.1) is 12.8 Å². The second kappa shape index (κ2) is 12.2. The van der Waals surface area contributed by atoms with Crippen molar-refractivity contribution >= 4 is 43.5 Å². The molecule has 1 aromatic carbocycles. The van der Waals surface area contributed by atoms with Crippen LogP contribution in [0.15, 0.2) is 37.6 Å². The van der Waals surface area contributed by atoms with Crippen molar-refractivity contribution < 1.29 is 23.7 Å². The summed E-state index contributed by atoms with van der Waals surface area (Å²) < 4.78 is 27.0. The van der Waals surface area contributed by atoms with Gasteiger partial charge >= 0.3 is 11.7 Å². The van der Waals surface area contributed by atoms with Gasteiger partial charge in [0.05, 0.1) is 48.1 Å². The topological polar surface area (TPSA) is 98.0 Å². The Morgan fingerprint density at radius 1 is 1.18 bits per heavy atom. The minimum absolute atomic E-state index is 0.0544. The van der Waals surface area contributed by atoms with E-state index in [1.165, 1.54) is 23.0 Å². The summed E-state index contributed by atoms with van der Waals surface area (Å²) >= 11 is 4.96. The number of halogens is 1. The highest BCUT2D eigenvalue weighted by Gasteiger charge is 2.39. The molecule has 0 radical (unpaired) electrons. The van der Waals surface area contributed by atoms with Crippen LogP contribution in [0.2, 0.25) is 0 Å². The van der Waals surface area contributed by atoms with Crippen molar-refractivity contribution in [2.45, 2.75) is 76.9 Å². The molecule has 0 N–H and O–H groups in total. The van der Waals surface area contributed by atoms with E-state index in [0.29, 0.717) is 35.4 Å². The maximum Gasteiger partial charge on any atom is 0.332 e. The van der Waals surface area contributed by atoms with Crippen LogP contribution < -0.4 is 16.0 Å². The molecule has 9 nitrogen and oxygen atoms in total. The van der Waals surface area contributed by atoms with E-state index in [1.54, 1.807) is 11.7 Å². The van der Waals surface area contributed by atoms with E-state index in [0.717, 1.165) is 34.2 Å². The molecule has 40 heavy (non-hydrogen) atoms. The van der Waals surface area contributed by atoms with Crippen LogP contribution in [0.5, 0.6) is 5.75 Å². The molecule has 2 aliphatic rings. The van der Waals surface area contributed by atoms with Crippen molar-refractivity contribution in [2.24, 2.45) is 5.92 Å². The highest BCUT2D eigenvalue weighted by atomic mass is 79.9. The third-order valence-electron chi connectivity index (χ3n) is 8.13. The van der Waals surface area contributed by atoms with Gasteiger partial charge in [-0.15, -0.1) is 11.3 Å². The average Bonchev–Trinajstić information content (AvgIpc) is 3.07. The first-order chi connectivity index (χ1) is 19.2. The molecular formula is C29H35BrN2O7S. The molecule has 0 spiro atoms. The van der Waals surface area contributed by atoms with Crippen LogP contribution in [0.1, 0.15) is 62.3 Å². The number of rotatable bonds is 8.